The Hall–Kier alpha value is -6.00. The number of anilines is 1. The second-order valence-electron chi connectivity index (χ2n) is 22.8. The molecular weight excluding hydrogens is 1050 g/mol. The molecule has 0 bridgehead atoms. The molecule has 9 N–H and O–H groups in total. The number of urea groups is 1. The van der Waals surface area contributed by atoms with Crippen molar-refractivity contribution in [3.8, 4) is 0 Å². The Labute approximate surface area is 485 Å². The van der Waals surface area contributed by atoms with Gasteiger partial charge in [-0.1, -0.05) is 111 Å². The Kier molecular flexibility index (Phi) is 27.7. The Balaban J connectivity index is 1.41. The van der Waals surface area contributed by atoms with Crippen LogP contribution in [0.25, 0.3) is 0 Å². The number of benzene rings is 2. The van der Waals surface area contributed by atoms with E-state index in [-0.39, 0.29) is 78.8 Å². The summed E-state index contributed by atoms with van der Waals surface area (Å²) < 4.78 is 12.2. The molecule has 1 fully saturated rings. The van der Waals surface area contributed by atoms with E-state index in [1.807, 2.05) is 127 Å². The molecule has 0 aliphatic carbocycles. The van der Waals surface area contributed by atoms with E-state index in [0.717, 1.165) is 22.6 Å². The van der Waals surface area contributed by atoms with Crippen molar-refractivity contribution in [2.45, 2.75) is 168 Å². The van der Waals surface area contributed by atoms with Crippen molar-refractivity contribution in [2.75, 3.05) is 53.3 Å². The highest BCUT2D eigenvalue weighted by molar-refractivity contribution is 7.09. The summed E-state index contributed by atoms with van der Waals surface area (Å²) in [4.78, 5) is 105. The van der Waals surface area contributed by atoms with E-state index >= 15 is 0 Å². The number of nitrogens with one attached hydrogen (secondary N) is 5. The summed E-state index contributed by atoms with van der Waals surface area (Å²) >= 11 is 1.49. The van der Waals surface area contributed by atoms with Crippen LogP contribution in [0.2, 0.25) is 0 Å². The van der Waals surface area contributed by atoms with Gasteiger partial charge in [-0.3, -0.25) is 33.7 Å². The Morgan fingerprint density at radius 3 is 2.06 bits per heavy atom. The van der Waals surface area contributed by atoms with Gasteiger partial charge in [0.1, 0.15) is 17.1 Å². The molecule has 21 heteroatoms. The molecule has 1 aromatic heterocycles. The van der Waals surface area contributed by atoms with Gasteiger partial charge in [-0.25, -0.2) is 9.78 Å². The molecule has 0 radical (unpaired) electrons. The van der Waals surface area contributed by atoms with Crippen molar-refractivity contribution in [3.63, 3.8) is 0 Å². The van der Waals surface area contributed by atoms with Crippen LogP contribution in [0.15, 0.2) is 66.2 Å². The molecule has 1 aliphatic rings. The van der Waals surface area contributed by atoms with Crippen LogP contribution in [-0.4, -0.2) is 158 Å². The molecule has 0 saturated carbocycles. The lowest BCUT2D eigenvalue weighted by Crippen LogP contribution is -2.60. The number of ether oxygens (including phenoxy) is 2. The minimum atomic E-state index is -0.905. The quantitative estimate of drug-likeness (QED) is 0.0364. The maximum absolute atomic E-state index is 14.8. The number of primary amides is 1. The van der Waals surface area contributed by atoms with Gasteiger partial charge < -0.3 is 57.3 Å². The smallest absolute Gasteiger partial charge is 0.312 e. The van der Waals surface area contributed by atoms with Crippen LogP contribution < -0.4 is 38.1 Å². The van der Waals surface area contributed by atoms with Gasteiger partial charge in [-0.15, -0.1) is 11.3 Å². The standard InChI is InChI=1S/C60H95N11O9S/c1-14-39(8)52(47(79-12)35-48(72)71-31-19-23-46(71)53(80-13)40(9)54(73)67-45(58-63-30-33-81-58)34-42-20-16-15-17-21-42)70(11)59(77)50(37(4)5)68-57(76)51(38(6)7)69(10)32-28-41-24-26-43(27-25-41)65-55(74)44(22-18-29-64-60(62)78)66-56(75)49(61)36(2)3/h15-17,20-21,24-27,30,33,36-40,44-47,49-53H,14,18-19,22-23,28-29,31-32,34-35,61H2,1-13H3,(H,65,74)(H,66,75)(H,67,73)(H,68,76)(H3,62,64,78)/t39?,40?,44?,45?,46-,47?,49?,50?,51?,52?,53?/m0/s1. The molecule has 10 unspecified atom stereocenters. The zero-order chi connectivity index (χ0) is 60.1. The van der Waals surface area contributed by atoms with Crippen molar-refractivity contribution < 1.29 is 43.0 Å². The van der Waals surface area contributed by atoms with Crippen LogP contribution in [0.4, 0.5) is 10.5 Å². The highest BCUT2D eigenvalue weighted by atomic mass is 32.1. The number of rotatable bonds is 33. The Bertz CT molecular complexity index is 2450. The topological polar surface area (TPSA) is 273 Å². The molecule has 11 atom stereocenters. The van der Waals surface area contributed by atoms with Gasteiger partial charge in [0.25, 0.3) is 0 Å². The van der Waals surface area contributed by atoms with E-state index in [1.54, 1.807) is 44.5 Å². The third kappa shape index (κ3) is 19.9. The third-order valence-electron chi connectivity index (χ3n) is 15.8. The fourth-order valence-electron chi connectivity index (χ4n) is 10.8. The van der Waals surface area contributed by atoms with Crippen LogP contribution in [0.5, 0.6) is 0 Å². The van der Waals surface area contributed by atoms with Crippen molar-refractivity contribution in [1.82, 2.24) is 41.0 Å². The molecule has 3 aromatic rings. The average molecular weight is 1150 g/mol. The number of likely N-dealkylation sites (tertiary alicyclic amines) is 1. The number of carbonyl (C=O) groups is 7. The van der Waals surface area contributed by atoms with Crippen molar-refractivity contribution >= 4 is 58.5 Å². The minimum Gasteiger partial charge on any atom is -0.379 e. The van der Waals surface area contributed by atoms with Crippen LogP contribution in [0.1, 0.15) is 123 Å². The first-order valence-corrected chi connectivity index (χ1v) is 29.7. The molecule has 0 spiro atoms. The summed E-state index contributed by atoms with van der Waals surface area (Å²) in [5.74, 6) is -3.03. The van der Waals surface area contributed by atoms with Crippen LogP contribution in [-0.2, 0) is 51.1 Å². The first-order chi connectivity index (χ1) is 38.4. The maximum atomic E-state index is 14.8. The first-order valence-electron chi connectivity index (χ1n) is 28.8. The van der Waals surface area contributed by atoms with E-state index in [9.17, 15) is 33.6 Å². The van der Waals surface area contributed by atoms with E-state index in [1.165, 1.54) is 11.3 Å². The number of hydrogen-bond donors (Lipinski definition) is 7. The van der Waals surface area contributed by atoms with E-state index in [4.69, 9.17) is 20.9 Å². The molecule has 1 saturated heterocycles. The lowest BCUT2D eigenvalue weighted by atomic mass is 9.89. The first kappa shape index (κ1) is 67.5. The van der Waals surface area contributed by atoms with E-state index in [0.29, 0.717) is 50.9 Å². The Morgan fingerprint density at radius 2 is 1.49 bits per heavy atom. The average Bonchev–Trinajstić information content (AvgIpc) is 4.23. The number of aromatic nitrogens is 1. The summed E-state index contributed by atoms with van der Waals surface area (Å²) in [6.45, 7) is 18.5. The number of carbonyl (C=O) groups excluding carboxylic acids is 7. The summed E-state index contributed by atoms with van der Waals surface area (Å²) in [6.07, 6.45) is 4.31. The number of hydrogen-bond acceptors (Lipinski definition) is 13. The second kappa shape index (κ2) is 33.2. The number of nitrogens with zero attached hydrogens (tertiary/aromatic N) is 4. The van der Waals surface area contributed by atoms with E-state index in [2.05, 4.69) is 31.6 Å². The number of likely N-dealkylation sites (N-methyl/N-ethyl adjacent to an activating group) is 2. The number of thiazole rings is 1. The third-order valence-corrected chi connectivity index (χ3v) is 16.7. The predicted molar refractivity (Wildman–Crippen MR) is 318 cm³/mol. The highest BCUT2D eigenvalue weighted by Gasteiger charge is 2.44. The predicted octanol–water partition coefficient (Wildman–Crippen LogP) is 5.66. The van der Waals surface area contributed by atoms with Gasteiger partial charge in [0.05, 0.1) is 54.8 Å². The largest absolute Gasteiger partial charge is 0.379 e. The fourth-order valence-corrected chi connectivity index (χ4v) is 11.5. The summed E-state index contributed by atoms with van der Waals surface area (Å²) in [6, 6.07) is 12.2. The normalized spacial score (nSPS) is 17.3. The molecule has 20 nitrogen and oxygen atoms in total. The minimum absolute atomic E-state index is 0.0106. The van der Waals surface area contributed by atoms with Crippen molar-refractivity contribution in [3.05, 3.63) is 82.3 Å². The highest BCUT2D eigenvalue weighted by Crippen LogP contribution is 2.31. The fraction of sp³-hybridized carbons (Fsp3) is 0.633. The van der Waals surface area contributed by atoms with Crippen LogP contribution >= 0.6 is 11.3 Å². The van der Waals surface area contributed by atoms with Gasteiger partial charge in [0.2, 0.25) is 35.4 Å². The Morgan fingerprint density at radius 1 is 0.815 bits per heavy atom. The number of nitrogens with two attached hydrogens (primary N) is 2. The van der Waals surface area contributed by atoms with Gasteiger partial charge >= 0.3 is 6.03 Å². The zero-order valence-electron chi connectivity index (χ0n) is 50.2. The van der Waals surface area contributed by atoms with Gasteiger partial charge in [0.15, 0.2) is 0 Å². The van der Waals surface area contributed by atoms with Gasteiger partial charge in [-0.2, -0.15) is 0 Å². The summed E-state index contributed by atoms with van der Waals surface area (Å²) in [7, 11) is 6.75. The molecule has 2 heterocycles. The van der Waals surface area contributed by atoms with E-state index < -0.39 is 66.2 Å². The van der Waals surface area contributed by atoms with Gasteiger partial charge in [0, 0.05) is 58.2 Å². The van der Waals surface area contributed by atoms with Crippen LogP contribution in [0, 0.1) is 29.6 Å². The molecule has 4 rings (SSSR count). The molecule has 8 amide bonds. The lowest BCUT2D eigenvalue weighted by molar-refractivity contribution is -0.148. The summed E-state index contributed by atoms with van der Waals surface area (Å²) in [5.41, 5.74) is 13.8. The SMILES string of the molecule is CCC(C)C(C(CC(=O)N1CCC[C@H]1C(OC)C(C)C(=O)NC(Cc1ccccc1)c1nccs1)OC)N(C)C(=O)C(NC(=O)C(C(C)C)N(C)CCc1ccc(NC(=O)C(CCCNC(N)=O)NC(=O)C(N)C(C)C)cc1)C(C)C. The number of methoxy groups -OCH3 is 2. The second-order valence-corrected chi connectivity index (χ2v) is 23.7. The molecule has 450 valence electrons. The number of amides is 8. The molecule has 2 aromatic carbocycles. The monoisotopic (exact) mass is 1150 g/mol. The van der Waals surface area contributed by atoms with Gasteiger partial charge in [-0.05, 0) is 92.5 Å². The zero-order valence-corrected chi connectivity index (χ0v) is 51.1. The van der Waals surface area contributed by atoms with Crippen molar-refractivity contribution in [2.24, 2.45) is 41.1 Å². The molecule has 81 heavy (non-hydrogen) atoms. The lowest BCUT2D eigenvalue weighted by Gasteiger charge is -2.41. The molecule has 1 aliphatic heterocycles. The molecular formula is C60H95N11O9S. The van der Waals surface area contributed by atoms with Crippen LogP contribution in [0.3, 0.4) is 0 Å². The summed E-state index contributed by atoms with van der Waals surface area (Å²) in [5, 5.41) is 17.2. The van der Waals surface area contributed by atoms with Crippen molar-refractivity contribution in [1.29, 1.82) is 0 Å². The maximum Gasteiger partial charge on any atom is 0.312 e.